The number of carbonyl (C=O) groups excluding carboxylic acids is 2. The second-order valence-electron chi connectivity index (χ2n) is 3.66. The van der Waals surface area contributed by atoms with E-state index in [1.807, 2.05) is 19.1 Å². The van der Waals surface area contributed by atoms with Crippen LogP contribution in [0, 0.1) is 6.92 Å². The number of likely N-dealkylation sites (N-methyl/N-ethyl adjacent to an activating group) is 1. The molecule has 15 heavy (non-hydrogen) atoms. The van der Waals surface area contributed by atoms with Crippen LogP contribution >= 0.6 is 0 Å². The van der Waals surface area contributed by atoms with Crippen LogP contribution in [-0.2, 0) is 4.79 Å². The maximum absolute atomic E-state index is 11.7. The van der Waals surface area contributed by atoms with Gasteiger partial charge in [-0.2, -0.15) is 0 Å². The van der Waals surface area contributed by atoms with Crippen molar-refractivity contribution in [2.45, 2.75) is 13.8 Å². The molecule has 0 aliphatic carbocycles. The van der Waals surface area contributed by atoms with Gasteiger partial charge in [0.2, 0.25) is 5.91 Å². The number of rotatable bonds is 3. The second kappa shape index (κ2) is 4.73. The van der Waals surface area contributed by atoms with E-state index in [2.05, 4.69) is 0 Å². The summed E-state index contributed by atoms with van der Waals surface area (Å²) < 4.78 is 0. The van der Waals surface area contributed by atoms with E-state index in [9.17, 15) is 9.59 Å². The minimum Gasteiger partial charge on any atom is -0.338 e. The Hall–Kier alpha value is -1.64. The van der Waals surface area contributed by atoms with Gasteiger partial charge in [-0.3, -0.25) is 9.59 Å². The van der Waals surface area contributed by atoms with Crippen LogP contribution < -0.4 is 0 Å². The van der Waals surface area contributed by atoms with Crippen molar-refractivity contribution < 1.29 is 9.59 Å². The van der Waals surface area contributed by atoms with Crippen molar-refractivity contribution >= 4 is 11.7 Å². The Morgan fingerprint density at radius 1 is 1.20 bits per heavy atom. The fourth-order valence-corrected chi connectivity index (χ4v) is 1.16. The van der Waals surface area contributed by atoms with Gasteiger partial charge >= 0.3 is 0 Å². The van der Waals surface area contributed by atoms with E-state index >= 15 is 0 Å². The molecule has 3 nitrogen and oxygen atoms in total. The molecule has 0 saturated carbocycles. The van der Waals surface area contributed by atoms with Gasteiger partial charge in [-0.05, 0) is 6.92 Å². The molecule has 80 valence electrons. The molecule has 0 N–H and O–H groups in total. The van der Waals surface area contributed by atoms with Crippen LogP contribution in [-0.4, -0.2) is 30.2 Å². The summed E-state index contributed by atoms with van der Waals surface area (Å²) in [6, 6.07) is 7.35. The van der Waals surface area contributed by atoms with Gasteiger partial charge in [0.25, 0.3) is 0 Å². The van der Waals surface area contributed by atoms with E-state index in [-0.39, 0.29) is 18.2 Å². The predicted molar refractivity (Wildman–Crippen MR) is 58.8 cm³/mol. The maximum atomic E-state index is 11.7. The van der Waals surface area contributed by atoms with Crippen LogP contribution in [0.4, 0.5) is 0 Å². The molecule has 1 amide bonds. The molecular weight excluding hydrogens is 190 g/mol. The van der Waals surface area contributed by atoms with E-state index in [1.54, 1.807) is 19.2 Å². The fourth-order valence-electron chi connectivity index (χ4n) is 1.16. The molecule has 0 unspecified atom stereocenters. The zero-order valence-corrected chi connectivity index (χ0v) is 9.28. The first-order valence-corrected chi connectivity index (χ1v) is 4.82. The fraction of sp³-hybridized carbons (Fsp3) is 0.333. The SMILES string of the molecule is CC(=O)N(C)CC(=O)c1ccc(C)cc1. The molecule has 3 heteroatoms. The molecular formula is C12H15NO2. The molecule has 1 aromatic carbocycles. The highest BCUT2D eigenvalue weighted by Crippen LogP contribution is 2.04. The first-order valence-electron chi connectivity index (χ1n) is 4.82. The van der Waals surface area contributed by atoms with Gasteiger partial charge < -0.3 is 4.90 Å². The molecule has 1 rings (SSSR count). The molecule has 0 fully saturated rings. The molecule has 0 heterocycles. The van der Waals surface area contributed by atoms with E-state index in [0.29, 0.717) is 5.56 Å². The van der Waals surface area contributed by atoms with Crippen molar-refractivity contribution in [1.29, 1.82) is 0 Å². The minimum atomic E-state index is -0.101. The molecule has 0 bridgehead atoms. The lowest BCUT2D eigenvalue weighted by Crippen LogP contribution is -2.30. The number of nitrogens with zero attached hydrogens (tertiary/aromatic N) is 1. The first-order chi connectivity index (χ1) is 7.00. The monoisotopic (exact) mass is 205 g/mol. The molecule has 0 spiro atoms. The van der Waals surface area contributed by atoms with Crippen molar-refractivity contribution in [2.75, 3.05) is 13.6 Å². The highest BCUT2D eigenvalue weighted by molar-refractivity contribution is 5.99. The van der Waals surface area contributed by atoms with Crippen molar-refractivity contribution in [3.8, 4) is 0 Å². The number of benzene rings is 1. The van der Waals surface area contributed by atoms with E-state index in [4.69, 9.17) is 0 Å². The van der Waals surface area contributed by atoms with Crippen molar-refractivity contribution in [3.05, 3.63) is 35.4 Å². The van der Waals surface area contributed by atoms with Crippen molar-refractivity contribution in [1.82, 2.24) is 4.90 Å². The molecule has 0 radical (unpaired) electrons. The average molecular weight is 205 g/mol. The van der Waals surface area contributed by atoms with E-state index < -0.39 is 0 Å². The number of carbonyl (C=O) groups is 2. The van der Waals surface area contributed by atoms with Crippen LogP contribution in [0.15, 0.2) is 24.3 Å². The van der Waals surface area contributed by atoms with Gasteiger partial charge in [0.15, 0.2) is 5.78 Å². The lowest BCUT2D eigenvalue weighted by atomic mass is 10.1. The first kappa shape index (κ1) is 11.4. The minimum absolute atomic E-state index is 0.0345. The number of hydrogen-bond donors (Lipinski definition) is 0. The smallest absolute Gasteiger partial charge is 0.219 e. The van der Waals surface area contributed by atoms with Gasteiger partial charge in [-0.25, -0.2) is 0 Å². The third-order valence-corrected chi connectivity index (χ3v) is 2.29. The van der Waals surface area contributed by atoms with E-state index in [1.165, 1.54) is 11.8 Å². The van der Waals surface area contributed by atoms with Crippen molar-refractivity contribution in [3.63, 3.8) is 0 Å². The summed E-state index contributed by atoms with van der Waals surface area (Å²) in [6.45, 7) is 3.55. The Morgan fingerprint density at radius 2 is 1.73 bits per heavy atom. The Kier molecular flexibility index (Phi) is 3.61. The molecule has 0 saturated heterocycles. The molecule has 0 atom stereocenters. The van der Waals surface area contributed by atoms with Crippen LogP contribution in [0.1, 0.15) is 22.8 Å². The largest absolute Gasteiger partial charge is 0.338 e. The number of Topliss-reactive ketones (excluding diaryl/α,β-unsaturated/α-hetero) is 1. The number of hydrogen-bond acceptors (Lipinski definition) is 2. The highest BCUT2D eigenvalue weighted by Gasteiger charge is 2.10. The number of aryl methyl sites for hydroxylation is 1. The molecule has 0 aromatic heterocycles. The molecule has 0 aliphatic heterocycles. The quantitative estimate of drug-likeness (QED) is 0.704. The lowest BCUT2D eigenvalue weighted by molar-refractivity contribution is -0.127. The molecule has 1 aromatic rings. The van der Waals surface area contributed by atoms with Crippen LogP contribution in [0.2, 0.25) is 0 Å². The topological polar surface area (TPSA) is 37.4 Å². The second-order valence-corrected chi connectivity index (χ2v) is 3.66. The summed E-state index contributed by atoms with van der Waals surface area (Å²) in [6.07, 6.45) is 0. The van der Waals surface area contributed by atoms with Gasteiger partial charge in [0.1, 0.15) is 0 Å². The summed E-state index contributed by atoms with van der Waals surface area (Å²) in [5.74, 6) is -0.136. The zero-order valence-electron chi connectivity index (χ0n) is 9.28. The van der Waals surface area contributed by atoms with Crippen LogP contribution in [0.25, 0.3) is 0 Å². The maximum Gasteiger partial charge on any atom is 0.219 e. The Bertz CT molecular complexity index is 368. The summed E-state index contributed by atoms with van der Waals surface area (Å²) in [5, 5.41) is 0. The summed E-state index contributed by atoms with van der Waals surface area (Å²) in [7, 11) is 1.62. The number of amides is 1. The summed E-state index contributed by atoms with van der Waals surface area (Å²) in [4.78, 5) is 24.0. The Balaban J connectivity index is 2.69. The van der Waals surface area contributed by atoms with Crippen LogP contribution in [0.5, 0.6) is 0 Å². The third kappa shape index (κ3) is 3.20. The summed E-state index contributed by atoms with van der Waals surface area (Å²) >= 11 is 0. The highest BCUT2D eigenvalue weighted by atomic mass is 16.2. The summed E-state index contributed by atoms with van der Waals surface area (Å²) in [5.41, 5.74) is 1.76. The number of ketones is 1. The predicted octanol–water partition coefficient (Wildman–Crippen LogP) is 1.66. The third-order valence-electron chi connectivity index (χ3n) is 2.29. The van der Waals surface area contributed by atoms with Gasteiger partial charge in [-0.15, -0.1) is 0 Å². The van der Waals surface area contributed by atoms with Crippen molar-refractivity contribution in [2.24, 2.45) is 0 Å². The standard InChI is InChI=1S/C12H15NO2/c1-9-4-6-11(7-5-9)12(15)8-13(3)10(2)14/h4-7H,8H2,1-3H3. The normalized spacial score (nSPS) is 9.80. The zero-order chi connectivity index (χ0) is 11.4. The van der Waals surface area contributed by atoms with Crippen LogP contribution in [0.3, 0.4) is 0 Å². The lowest BCUT2D eigenvalue weighted by Gasteiger charge is -2.13. The average Bonchev–Trinajstić information content (AvgIpc) is 2.18. The Morgan fingerprint density at radius 3 is 2.20 bits per heavy atom. The Labute approximate surface area is 89.7 Å². The van der Waals surface area contributed by atoms with Gasteiger partial charge in [-0.1, -0.05) is 29.8 Å². The van der Waals surface area contributed by atoms with Gasteiger partial charge in [0.05, 0.1) is 6.54 Å². The van der Waals surface area contributed by atoms with Gasteiger partial charge in [0, 0.05) is 19.5 Å². The van der Waals surface area contributed by atoms with E-state index in [0.717, 1.165) is 5.56 Å². The molecule has 0 aliphatic rings.